The van der Waals surface area contributed by atoms with E-state index in [4.69, 9.17) is 4.74 Å². The van der Waals surface area contributed by atoms with E-state index in [0.717, 1.165) is 12.5 Å². The van der Waals surface area contributed by atoms with Crippen LogP contribution < -0.4 is 0 Å². The van der Waals surface area contributed by atoms with E-state index in [0.29, 0.717) is 12.3 Å². The lowest BCUT2D eigenvalue weighted by Crippen LogP contribution is -2.14. The van der Waals surface area contributed by atoms with Gasteiger partial charge in [0.1, 0.15) is 5.69 Å². The van der Waals surface area contributed by atoms with Gasteiger partial charge in [0.15, 0.2) is 0 Å². The normalized spacial score (nSPS) is 16.7. The first-order valence-corrected chi connectivity index (χ1v) is 7.13. The smallest absolute Gasteiger partial charge is 0.354 e. The molecule has 0 spiro atoms. The molecule has 0 amide bonds. The standard InChI is InChI=1S/C15H23NO2/c1-2-18-15(17)14-9-6-11-16(14)12-10-13-7-4-3-5-8-13/h6,9,11,13H,2-5,7-8,10,12H2,1H3. The van der Waals surface area contributed by atoms with Crippen LogP contribution in [0.15, 0.2) is 18.3 Å². The monoisotopic (exact) mass is 249 g/mol. The second kappa shape index (κ2) is 6.62. The van der Waals surface area contributed by atoms with E-state index in [1.54, 1.807) is 0 Å². The maximum absolute atomic E-state index is 11.7. The predicted molar refractivity (Wildman–Crippen MR) is 71.6 cm³/mol. The van der Waals surface area contributed by atoms with Crippen molar-refractivity contribution < 1.29 is 9.53 Å². The van der Waals surface area contributed by atoms with Crippen molar-refractivity contribution in [3.8, 4) is 0 Å². The first kappa shape index (κ1) is 13.2. The van der Waals surface area contributed by atoms with Gasteiger partial charge in [-0.1, -0.05) is 32.1 Å². The molecule has 1 aromatic heterocycles. The van der Waals surface area contributed by atoms with E-state index >= 15 is 0 Å². The summed E-state index contributed by atoms with van der Waals surface area (Å²) in [5.41, 5.74) is 0.688. The van der Waals surface area contributed by atoms with Crippen LogP contribution in [0.1, 0.15) is 55.9 Å². The number of hydrogen-bond donors (Lipinski definition) is 0. The number of ether oxygens (including phenoxy) is 1. The van der Waals surface area contributed by atoms with Gasteiger partial charge in [-0.15, -0.1) is 0 Å². The third kappa shape index (κ3) is 3.37. The summed E-state index contributed by atoms with van der Waals surface area (Å²) in [5, 5.41) is 0. The largest absolute Gasteiger partial charge is 0.461 e. The Hall–Kier alpha value is -1.25. The van der Waals surface area contributed by atoms with Crippen LogP contribution in [-0.4, -0.2) is 17.1 Å². The van der Waals surface area contributed by atoms with Crippen LogP contribution in [0.4, 0.5) is 0 Å². The lowest BCUT2D eigenvalue weighted by molar-refractivity contribution is 0.0513. The van der Waals surface area contributed by atoms with Crippen molar-refractivity contribution in [2.75, 3.05) is 6.61 Å². The van der Waals surface area contributed by atoms with Crippen LogP contribution in [0.5, 0.6) is 0 Å². The van der Waals surface area contributed by atoms with Crippen molar-refractivity contribution in [3.05, 3.63) is 24.0 Å². The maximum Gasteiger partial charge on any atom is 0.354 e. The highest BCUT2D eigenvalue weighted by atomic mass is 16.5. The van der Waals surface area contributed by atoms with Gasteiger partial charge in [0, 0.05) is 12.7 Å². The lowest BCUT2D eigenvalue weighted by Gasteiger charge is -2.21. The zero-order valence-corrected chi connectivity index (χ0v) is 11.2. The highest BCUT2D eigenvalue weighted by Crippen LogP contribution is 2.26. The molecule has 2 rings (SSSR count). The van der Waals surface area contributed by atoms with Crippen molar-refractivity contribution in [1.82, 2.24) is 4.57 Å². The summed E-state index contributed by atoms with van der Waals surface area (Å²) in [4.78, 5) is 11.7. The first-order chi connectivity index (χ1) is 8.81. The minimum Gasteiger partial charge on any atom is -0.461 e. The summed E-state index contributed by atoms with van der Waals surface area (Å²) in [6.45, 7) is 3.21. The lowest BCUT2D eigenvalue weighted by atomic mass is 9.87. The number of carbonyl (C=O) groups is 1. The number of esters is 1. The Balaban J connectivity index is 1.88. The molecule has 1 fully saturated rings. The van der Waals surface area contributed by atoms with Gasteiger partial charge in [-0.25, -0.2) is 4.79 Å². The molecule has 0 saturated heterocycles. The Bertz CT molecular complexity index is 378. The molecule has 1 heterocycles. The fourth-order valence-corrected chi connectivity index (χ4v) is 2.80. The van der Waals surface area contributed by atoms with Gasteiger partial charge >= 0.3 is 5.97 Å². The van der Waals surface area contributed by atoms with Crippen molar-refractivity contribution in [2.45, 2.75) is 52.0 Å². The van der Waals surface area contributed by atoms with E-state index in [-0.39, 0.29) is 5.97 Å². The van der Waals surface area contributed by atoms with Crippen LogP contribution in [0.25, 0.3) is 0 Å². The Kier molecular flexibility index (Phi) is 4.85. The Labute approximate surface area is 109 Å². The molecule has 1 aliphatic rings. The Morgan fingerprint density at radius 1 is 1.39 bits per heavy atom. The molecular weight excluding hydrogens is 226 g/mol. The van der Waals surface area contributed by atoms with Crippen LogP contribution in [-0.2, 0) is 11.3 Å². The fourth-order valence-electron chi connectivity index (χ4n) is 2.80. The second-order valence-corrected chi connectivity index (χ2v) is 5.10. The predicted octanol–water partition coefficient (Wildman–Crippen LogP) is 3.64. The van der Waals surface area contributed by atoms with Gasteiger partial charge in [-0.3, -0.25) is 0 Å². The fraction of sp³-hybridized carbons (Fsp3) is 0.667. The minimum atomic E-state index is -0.203. The van der Waals surface area contributed by atoms with Gasteiger partial charge in [0.2, 0.25) is 0 Å². The quantitative estimate of drug-likeness (QED) is 0.746. The third-order valence-electron chi connectivity index (χ3n) is 3.82. The molecule has 0 unspecified atom stereocenters. The van der Waals surface area contributed by atoms with E-state index in [1.165, 1.54) is 38.5 Å². The number of nitrogens with zero attached hydrogens (tertiary/aromatic N) is 1. The van der Waals surface area contributed by atoms with E-state index < -0.39 is 0 Å². The van der Waals surface area contributed by atoms with E-state index in [1.807, 2.05) is 29.8 Å². The summed E-state index contributed by atoms with van der Waals surface area (Å²) < 4.78 is 7.09. The summed E-state index contributed by atoms with van der Waals surface area (Å²) in [6, 6.07) is 3.77. The molecule has 0 N–H and O–H groups in total. The van der Waals surface area contributed by atoms with Crippen molar-refractivity contribution in [2.24, 2.45) is 5.92 Å². The average molecular weight is 249 g/mol. The Morgan fingerprint density at radius 3 is 2.89 bits per heavy atom. The first-order valence-electron chi connectivity index (χ1n) is 7.13. The van der Waals surface area contributed by atoms with Crippen molar-refractivity contribution >= 4 is 5.97 Å². The molecule has 0 bridgehead atoms. The molecule has 100 valence electrons. The number of rotatable bonds is 5. The molecule has 18 heavy (non-hydrogen) atoms. The van der Waals surface area contributed by atoms with Crippen LogP contribution in [0.3, 0.4) is 0 Å². The molecule has 1 aliphatic carbocycles. The third-order valence-corrected chi connectivity index (χ3v) is 3.82. The molecule has 0 aliphatic heterocycles. The van der Waals surface area contributed by atoms with Gasteiger partial charge < -0.3 is 9.30 Å². The molecule has 1 aromatic rings. The summed E-state index contributed by atoms with van der Waals surface area (Å²) in [5.74, 6) is 0.641. The molecule has 3 nitrogen and oxygen atoms in total. The molecule has 0 radical (unpaired) electrons. The molecule has 0 aromatic carbocycles. The summed E-state index contributed by atoms with van der Waals surface area (Å²) in [7, 11) is 0. The van der Waals surface area contributed by atoms with E-state index in [9.17, 15) is 4.79 Å². The molecular formula is C15H23NO2. The van der Waals surface area contributed by atoms with Crippen molar-refractivity contribution in [1.29, 1.82) is 0 Å². The zero-order valence-electron chi connectivity index (χ0n) is 11.2. The SMILES string of the molecule is CCOC(=O)c1cccn1CCC1CCCCC1. The van der Waals surface area contributed by atoms with Gasteiger partial charge in [0.05, 0.1) is 6.61 Å². The van der Waals surface area contributed by atoms with Crippen molar-refractivity contribution in [3.63, 3.8) is 0 Å². The van der Waals surface area contributed by atoms with Crippen LogP contribution >= 0.6 is 0 Å². The highest BCUT2D eigenvalue weighted by molar-refractivity contribution is 5.87. The number of aryl methyl sites for hydroxylation is 1. The zero-order chi connectivity index (χ0) is 12.8. The van der Waals surface area contributed by atoms with Crippen LogP contribution in [0, 0.1) is 5.92 Å². The molecule has 3 heteroatoms. The van der Waals surface area contributed by atoms with Crippen LogP contribution in [0.2, 0.25) is 0 Å². The Morgan fingerprint density at radius 2 is 2.17 bits per heavy atom. The molecule has 0 atom stereocenters. The van der Waals surface area contributed by atoms with Gasteiger partial charge in [0.25, 0.3) is 0 Å². The van der Waals surface area contributed by atoms with Gasteiger partial charge in [-0.2, -0.15) is 0 Å². The maximum atomic E-state index is 11.7. The summed E-state index contributed by atoms with van der Waals surface area (Å²) >= 11 is 0. The second-order valence-electron chi connectivity index (χ2n) is 5.10. The number of carbonyl (C=O) groups excluding carboxylic acids is 1. The summed E-state index contributed by atoms with van der Waals surface area (Å²) in [6.07, 6.45) is 10.0. The number of aromatic nitrogens is 1. The minimum absolute atomic E-state index is 0.203. The molecule has 1 saturated carbocycles. The van der Waals surface area contributed by atoms with Gasteiger partial charge in [-0.05, 0) is 31.4 Å². The highest BCUT2D eigenvalue weighted by Gasteiger charge is 2.15. The number of hydrogen-bond acceptors (Lipinski definition) is 2. The average Bonchev–Trinajstić information content (AvgIpc) is 2.86. The van der Waals surface area contributed by atoms with E-state index in [2.05, 4.69) is 0 Å². The topological polar surface area (TPSA) is 31.2 Å².